The molecule has 4 rings (SSSR count). The molecule has 0 unspecified atom stereocenters. The normalized spacial score (nSPS) is 17.9. The van der Waals surface area contributed by atoms with Crippen molar-refractivity contribution in [3.63, 3.8) is 0 Å². The highest BCUT2D eigenvalue weighted by Crippen LogP contribution is 2.39. The monoisotopic (exact) mass is 520 g/mol. The van der Waals surface area contributed by atoms with Crippen LogP contribution in [0.2, 0.25) is 0 Å². The molecule has 0 spiro atoms. The standard InChI is InChI=1S/C29H36N4O5/c1-18(38-17-20-10-8-19(9-11-20)12-14-25(30)34)23(13-15-26(31)35)32-29(37)24-16-22-6-2-4-21-5-3-7-27(36)33(24)28(21)22/h2,4,6,8-11,18,23-24H,3,5,7,12-17H2,1H3,(H2,30,34)(H2,31,35)(H,32,37)/t18-,23+,24+/m1/s1. The average molecular weight is 521 g/mol. The molecule has 0 fully saturated rings. The Kier molecular flexibility index (Phi) is 8.78. The van der Waals surface area contributed by atoms with Crippen molar-refractivity contribution < 1.29 is 23.9 Å². The Morgan fingerprint density at radius 2 is 1.68 bits per heavy atom. The predicted molar refractivity (Wildman–Crippen MR) is 143 cm³/mol. The van der Waals surface area contributed by atoms with Gasteiger partial charge in [-0.15, -0.1) is 0 Å². The number of nitrogens with zero attached hydrogens (tertiary/aromatic N) is 1. The van der Waals surface area contributed by atoms with Crippen LogP contribution in [0.4, 0.5) is 5.69 Å². The van der Waals surface area contributed by atoms with Crippen LogP contribution < -0.4 is 21.7 Å². The third kappa shape index (κ3) is 6.58. The maximum atomic E-state index is 13.5. The Bertz CT molecular complexity index is 1200. The van der Waals surface area contributed by atoms with E-state index in [0.29, 0.717) is 38.7 Å². The number of carbonyl (C=O) groups excluding carboxylic acids is 4. The minimum Gasteiger partial charge on any atom is -0.372 e. The van der Waals surface area contributed by atoms with Crippen LogP contribution in [-0.2, 0) is 49.8 Å². The van der Waals surface area contributed by atoms with E-state index in [-0.39, 0.29) is 24.1 Å². The van der Waals surface area contributed by atoms with Gasteiger partial charge in [-0.25, -0.2) is 0 Å². The van der Waals surface area contributed by atoms with Crippen LogP contribution in [0, 0.1) is 0 Å². The Morgan fingerprint density at radius 3 is 2.39 bits per heavy atom. The van der Waals surface area contributed by atoms with Crippen molar-refractivity contribution in [1.29, 1.82) is 0 Å². The lowest BCUT2D eigenvalue weighted by atomic mass is 10.0. The smallest absolute Gasteiger partial charge is 0.243 e. The van der Waals surface area contributed by atoms with Gasteiger partial charge in [0.2, 0.25) is 23.6 Å². The van der Waals surface area contributed by atoms with Gasteiger partial charge >= 0.3 is 0 Å². The topological polar surface area (TPSA) is 145 Å². The number of amides is 4. The van der Waals surface area contributed by atoms with Gasteiger partial charge in [-0.2, -0.15) is 0 Å². The SMILES string of the molecule is C[C@@H](OCc1ccc(CCC(N)=O)cc1)[C@H](CCC(N)=O)NC(=O)[C@@H]1Cc2cccc3c2N1C(=O)CCC3. The lowest BCUT2D eigenvalue weighted by Crippen LogP contribution is -2.53. The minimum atomic E-state index is -0.632. The summed E-state index contributed by atoms with van der Waals surface area (Å²) in [6.07, 6.45) is 3.34. The van der Waals surface area contributed by atoms with E-state index < -0.39 is 24.1 Å². The number of para-hydroxylation sites is 1. The van der Waals surface area contributed by atoms with E-state index in [1.165, 1.54) is 0 Å². The first-order chi connectivity index (χ1) is 18.2. The van der Waals surface area contributed by atoms with Crippen LogP contribution in [0.25, 0.3) is 0 Å². The van der Waals surface area contributed by atoms with E-state index in [2.05, 4.69) is 5.32 Å². The summed E-state index contributed by atoms with van der Waals surface area (Å²) in [6, 6.07) is 12.6. The van der Waals surface area contributed by atoms with Crippen LogP contribution >= 0.6 is 0 Å². The number of nitrogens with one attached hydrogen (secondary N) is 1. The summed E-state index contributed by atoms with van der Waals surface area (Å²) in [5.74, 6) is -1.08. The Morgan fingerprint density at radius 1 is 1.00 bits per heavy atom. The number of aryl methyl sites for hydroxylation is 2. The Labute approximate surface area is 222 Å². The molecule has 2 aliphatic heterocycles. The van der Waals surface area contributed by atoms with Crippen molar-refractivity contribution in [3.8, 4) is 0 Å². The maximum Gasteiger partial charge on any atom is 0.243 e. The Hall–Kier alpha value is -3.72. The fraction of sp³-hybridized carbons (Fsp3) is 0.448. The number of rotatable bonds is 12. The maximum absolute atomic E-state index is 13.5. The highest BCUT2D eigenvalue weighted by atomic mass is 16.5. The highest BCUT2D eigenvalue weighted by Gasteiger charge is 2.41. The van der Waals surface area contributed by atoms with Crippen molar-refractivity contribution in [2.45, 2.75) is 83.1 Å². The average Bonchev–Trinajstić information content (AvgIpc) is 3.21. The zero-order chi connectivity index (χ0) is 27.2. The number of hydrogen-bond acceptors (Lipinski definition) is 5. The molecule has 0 radical (unpaired) electrons. The fourth-order valence-corrected chi connectivity index (χ4v) is 5.25. The van der Waals surface area contributed by atoms with E-state index >= 15 is 0 Å². The lowest BCUT2D eigenvalue weighted by molar-refractivity contribution is -0.128. The van der Waals surface area contributed by atoms with Crippen molar-refractivity contribution in [3.05, 3.63) is 64.7 Å². The van der Waals surface area contributed by atoms with Gasteiger partial charge < -0.3 is 21.5 Å². The number of primary amides is 2. The number of nitrogens with two attached hydrogens (primary N) is 2. The van der Waals surface area contributed by atoms with Gasteiger partial charge in [-0.1, -0.05) is 42.5 Å². The van der Waals surface area contributed by atoms with Crippen molar-refractivity contribution in [2.24, 2.45) is 11.5 Å². The molecule has 2 aromatic carbocycles. The van der Waals surface area contributed by atoms with Gasteiger partial charge in [0.1, 0.15) is 6.04 Å². The molecule has 38 heavy (non-hydrogen) atoms. The number of benzene rings is 2. The first-order valence-corrected chi connectivity index (χ1v) is 13.2. The molecule has 3 atom stereocenters. The third-order valence-corrected chi connectivity index (χ3v) is 7.37. The molecule has 5 N–H and O–H groups in total. The largest absolute Gasteiger partial charge is 0.372 e. The molecule has 0 saturated carbocycles. The molecule has 0 aromatic heterocycles. The zero-order valence-electron chi connectivity index (χ0n) is 21.8. The molecule has 0 aliphatic carbocycles. The van der Waals surface area contributed by atoms with E-state index in [1.54, 1.807) is 4.90 Å². The molecule has 2 aromatic rings. The molecule has 0 saturated heterocycles. The second-order valence-corrected chi connectivity index (χ2v) is 10.2. The van der Waals surface area contributed by atoms with Gasteiger partial charge in [0, 0.05) is 25.7 Å². The molecule has 202 valence electrons. The number of ether oxygens (including phenoxy) is 1. The molecule has 9 heteroatoms. The quantitative estimate of drug-likeness (QED) is 0.392. The first-order valence-electron chi connectivity index (χ1n) is 13.2. The summed E-state index contributed by atoms with van der Waals surface area (Å²) in [7, 11) is 0. The lowest BCUT2D eigenvalue weighted by Gasteiger charge is -2.29. The van der Waals surface area contributed by atoms with Crippen LogP contribution in [0.5, 0.6) is 0 Å². The summed E-state index contributed by atoms with van der Waals surface area (Å²) in [6.45, 7) is 2.16. The molecule has 9 nitrogen and oxygen atoms in total. The molecule has 2 aliphatic rings. The summed E-state index contributed by atoms with van der Waals surface area (Å²) in [5, 5.41) is 3.06. The zero-order valence-corrected chi connectivity index (χ0v) is 21.8. The number of hydrogen-bond donors (Lipinski definition) is 3. The van der Waals surface area contributed by atoms with E-state index in [1.807, 2.05) is 49.4 Å². The summed E-state index contributed by atoms with van der Waals surface area (Å²) >= 11 is 0. The van der Waals surface area contributed by atoms with Crippen LogP contribution in [0.3, 0.4) is 0 Å². The van der Waals surface area contributed by atoms with Crippen LogP contribution in [0.15, 0.2) is 42.5 Å². The summed E-state index contributed by atoms with van der Waals surface area (Å²) in [5.41, 5.74) is 15.6. The summed E-state index contributed by atoms with van der Waals surface area (Å²) < 4.78 is 6.09. The van der Waals surface area contributed by atoms with Gasteiger partial charge in [-0.05, 0) is 54.9 Å². The van der Waals surface area contributed by atoms with Gasteiger partial charge in [0.15, 0.2) is 0 Å². The van der Waals surface area contributed by atoms with Gasteiger partial charge in [-0.3, -0.25) is 24.1 Å². The molecule has 4 amide bonds. The van der Waals surface area contributed by atoms with Crippen LogP contribution in [0.1, 0.15) is 61.3 Å². The molecule has 2 heterocycles. The van der Waals surface area contributed by atoms with Crippen molar-refractivity contribution in [2.75, 3.05) is 4.90 Å². The molecular weight excluding hydrogens is 484 g/mol. The first kappa shape index (κ1) is 27.3. The second kappa shape index (κ2) is 12.2. The highest BCUT2D eigenvalue weighted by molar-refractivity contribution is 6.04. The Balaban J connectivity index is 1.42. The van der Waals surface area contributed by atoms with Crippen molar-refractivity contribution in [1.82, 2.24) is 5.32 Å². The van der Waals surface area contributed by atoms with E-state index in [0.717, 1.165) is 40.8 Å². The third-order valence-electron chi connectivity index (χ3n) is 7.37. The second-order valence-electron chi connectivity index (χ2n) is 10.2. The van der Waals surface area contributed by atoms with E-state index in [9.17, 15) is 19.2 Å². The van der Waals surface area contributed by atoms with Gasteiger partial charge in [0.25, 0.3) is 0 Å². The van der Waals surface area contributed by atoms with Crippen molar-refractivity contribution >= 4 is 29.3 Å². The van der Waals surface area contributed by atoms with E-state index in [4.69, 9.17) is 16.2 Å². The van der Waals surface area contributed by atoms with Gasteiger partial charge in [0.05, 0.1) is 24.4 Å². The number of carbonyl (C=O) groups is 4. The van der Waals surface area contributed by atoms with Crippen LogP contribution in [-0.4, -0.2) is 41.8 Å². The molecule has 0 bridgehead atoms. The minimum absolute atomic E-state index is 0.0360. The summed E-state index contributed by atoms with van der Waals surface area (Å²) in [4.78, 5) is 50.7. The number of anilines is 1. The molecular formula is C29H36N4O5. The predicted octanol–water partition coefficient (Wildman–Crippen LogP) is 2.05. The fourth-order valence-electron chi connectivity index (χ4n) is 5.25.